The van der Waals surface area contributed by atoms with E-state index in [2.05, 4.69) is 32.0 Å². The quantitative estimate of drug-likeness (QED) is 0.772. The minimum atomic E-state index is -0.358. The number of likely N-dealkylation sites (tertiary alicyclic amines) is 1. The van der Waals surface area contributed by atoms with Crippen LogP contribution in [0.25, 0.3) is 0 Å². The van der Waals surface area contributed by atoms with Crippen LogP contribution in [0.5, 0.6) is 5.75 Å². The van der Waals surface area contributed by atoms with Crippen molar-refractivity contribution >= 4 is 5.97 Å². The van der Waals surface area contributed by atoms with Crippen molar-refractivity contribution in [2.24, 2.45) is 0 Å². The molecule has 0 spiro atoms. The number of carbonyl (C=O) groups is 1. The first-order valence-corrected chi connectivity index (χ1v) is 9.53. The number of hydrogen-bond donors (Lipinski definition) is 1. The molecule has 2 aliphatic rings. The first-order chi connectivity index (χ1) is 12.6. The molecule has 1 unspecified atom stereocenters. The summed E-state index contributed by atoms with van der Waals surface area (Å²) >= 11 is 0. The van der Waals surface area contributed by atoms with Crippen LogP contribution in [0.2, 0.25) is 0 Å². The van der Waals surface area contributed by atoms with Gasteiger partial charge in [-0.25, -0.2) is 4.79 Å². The minimum absolute atomic E-state index is 0.0456. The molecular weight excluding hydrogens is 330 g/mol. The van der Waals surface area contributed by atoms with Gasteiger partial charge in [-0.2, -0.15) is 0 Å². The van der Waals surface area contributed by atoms with Crippen molar-refractivity contribution in [3.8, 4) is 5.75 Å². The predicted octanol–water partition coefficient (Wildman–Crippen LogP) is 1.33. The van der Waals surface area contributed by atoms with Gasteiger partial charge in [0.15, 0.2) is 6.61 Å². The van der Waals surface area contributed by atoms with Crippen molar-refractivity contribution in [3.05, 3.63) is 28.8 Å². The van der Waals surface area contributed by atoms with Crippen molar-refractivity contribution < 1.29 is 14.3 Å². The SMILES string of the molecule is COC(=O)COc1c(C)cc(CN2CCC(N3CCNCC3)C2)cc1C. The molecule has 26 heavy (non-hydrogen) atoms. The number of nitrogens with zero attached hydrogens (tertiary/aromatic N) is 2. The van der Waals surface area contributed by atoms with E-state index in [1.165, 1.54) is 32.2 Å². The van der Waals surface area contributed by atoms with Gasteiger partial charge in [-0.05, 0) is 37.0 Å². The molecule has 2 saturated heterocycles. The fourth-order valence-corrected chi connectivity index (χ4v) is 4.11. The monoisotopic (exact) mass is 361 g/mol. The van der Waals surface area contributed by atoms with E-state index in [1.54, 1.807) is 0 Å². The number of piperazine rings is 1. The Kier molecular flexibility index (Phi) is 6.51. The summed E-state index contributed by atoms with van der Waals surface area (Å²) in [5.74, 6) is 0.433. The molecule has 0 radical (unpaired) electrons. The predicted molar refractivity (Wildman–Crippen MR) is 102 cm³/mol. The van der Waals surface area contributed by atoms with Gasteiger partial charge >= 0.3 is 5.97 Å². The van der Waals surface area contributed by atoms with Crippen LogP contribution in [0.15, 0.2) is 12.1 Å². The average molecular weight is 361 g/mol. The lowest BCUT2D eigenvalue weighted by Gasteiger charge is -2.32. The summed E-state index contributed by atoms with van der Waals surface area (Å²) in [5.41, 5.74) is 3.45. The summed E-state index contributed by atoms with van der Waals surface area (Å²) in [5, 5.41) is 3.43. The van der Waals surface area contributed by atoms with Crippen molar-refractivity contribution in [1.29, 1.82) is 0 Å². The van der Waals surface area contributed by atoms with Crippen LogP contribution in [-0.2, 0) is 16.1 Å². The molecule has 2 heterocycles. The van der Waals surface area contributed by atoms with Gasteiger partial charge in [0.05, 0.1) is 7.11 Å². The molecule has 0 bridgehead atoms. The number of esters is 1. The van der Waals surface area contributed by atoms with Crippen LogP contribution in [-0.4, -0.2) is 74.8 Å². The third-order valence-electron chi connectivity index (χ3n) is 5.40. The molecule has 6 heteroatoms. The van der Waals surface area contributed by atoms with E-state index >= 15 is 0 Å². The van der Waals surface area contributed by atoms with Gasteiger partial charge in [-0.3, -0.25) is 9.80 Å². The summed E-state index contributed by atoms with van der Waals surface area (Å²) < 4.78 is 10.3. The summed E-state index contributed by atoms with van der Waals surface area (Å²) in [6.07, 6.45) is 1.26. The topological polar surface area (TPSA) is 54.0 Å². The Labute approximate surface area is 156 Å². The molecule has 1 aromatic carbocycles. The average Bonchev–Trinajstić information content (AvgIpc) is 3.10. The lowest BCUT2D eigenvalue weighted by molar-refractivity contribution is -0.142. The van der Waals surface area contributed by atoms with Crippen molar-refractivity contribution in [3.63, 3.8) is 0 Å². The van der Waals surface area contributed by atoms with Gasteiger partial charge < -0.3 is 14.8 Å². The fraction of sp³-hybridized carbons (Fsp3) is 0.650. The summed E-state index contributed by atoms with van der Waals surface area (Å²) in [4.78, 5) is 16.5. The molecule has 0 aliphatic carbocycles. The summed E-state index contributed by atoms with van der Waals surface area (Å²) in [6, 6.07) is 5.05. The maximum atomic E-state index is 11.3. The zero-order chi connectivity index (χ0) is 18.5. The zero-order valence-electron chi connectivity index (χ0n) is 16.2. The molecule has 1 atom stereocenters. The lowest BCUT2D eigenvalue weighted by atomic mass is 10.1. The number of methoxy groups -OCH3 is 1. The molecule has 6 nitrogen and oxygen atoms in total. The first-order valence-electron chi connectivity index (χ1n) is 9.53. The molecule has 2 aliphatic heterocycles. The Hall–Kier alpha value is -1.63. The first kappa shape index (κ1) is 19.1. The van der Waals surface area contributed by atoms with E-state index in [0.717, 1.165) is 49.6 Å². The van der Waals surface area contributed by atoms with E-state index in [-0.39, 0.29) is 12.6 Å². The van der Waals surface area contributed by atoms with Crippen LogP contribution in [0, 0.1) is 13.8 Å². The van der Waals surface area contributed by atoms with Gasteiger partial charge in [0.25, 0.3) is 0 Å². The van der Waals surface area contributed by atoms with Crippen LogP contribution < -0.4 is 10.1 Å². The second-order valence-corrected chi connectivity index (χ2v) is 7.39. The highest BCUT2D eigenvalue weighted by Crippen LogP contribution is 2.26. The van der Waals surface area contributed by atoms with E-state index in [9.17, 15) is 4.79 Å². The molecule has 0 amide bonds. The Bertz CT molecular complexity index is 606. The zero-order valence-corrected chi connectivity index (χ0v) is 16.2. The Balaban J connectivity index is 1.57. The lowest BCUT2D eigenvalue weighted by Crippen LogP contribution is -2.49. The van der Waals surface area contributed by atoms with Gasteiger partial charge in [-0.15, -0.1) is 0 Å². The number of hydrogen-bond acceptors (Lipinski definition) is 6. The summed E-state index contributed by atoms with van der Waals surface area (Å²) in [6.45, 7) is 11.9. The minimum Gasteiger partial charge on any atom is -0.481 e. The molecule has 1 N–H and O–H groups in total. The van der Waals surface area contributed by atoms with E-state index in [0.29, 0.717) is 6.04 Å². The fourth-order valence-electron chi connectivity index (χ4n) is 4.11. The Morgan fingerprint density at radius 3 is 2.54 bits per heavy atom. The van der Waals surface area contributed by atoms with Crippen molar-refractivity contribution in [2.45, 2.75) is 32.9 Å². The number of rotatable bonds is 6. The van der Waals surface area contributed by atoms with Gasteiger partial charge in [0, 0.05) is 51.9 Å². The van der Waals surface area contributed by atoms with Crippen LogP contribution in [0.3, 0.4) is 0 Å². The number of benzene rings is 1. The highest BCUT2D eigenvalue weighted by atomic mass is 16.6. The normalized spacial score (nSPS) is 21.7. The highest BCUT2D eigenvalue weighted by Gasteiger charge is 2.28. The third-order valence-corrected chi connectivity index (χ3v) is 5.40. The highest BCUT2D eigenvalue weighted by molar-refractivity contribution is 5.71. The molecule has 3 rings (SSSR count). The largest absolute Gasteiger partial charge is 0.481 e. The van der Waals surface area contributed by atoms with Gasteiger partial charge in [0.1, 0.15) is 5.75 Å². The van der Waals surface area contributed by atoms with Crippen LogP contribution in [0.1, 0.15) is 23.1 Å². The third kappa shape index (κ3) is 4.75. The standard InChI is InChI=1S/C20H31N3O3/c1-15-10-17(11-16(2)20(15)26-14-19(24)25-3)12-22-7-4-18(13-22)23-8-5-21-6-9-23/h10-11,18,21H,4-9,12-14H2,1-3H3. The smallest absolute Gasteiger partial charge is 0.343 e. The molecule has 0 saturated carbocycles. The number of carbonyl (C=O) groups excluding carboxylic acids is 1. The number of nitrogens with one attached hydrogen (secondary N) is 1. The van der Waals surface area contributed by atoms with Crippen LogP contribution >= 0.6 is 0 Å². The second-order valence-electron chi connectivity index (χ2n) is 7.39. The number of aryl methyl sites for hydroxylation is 2. The Morgan fingerprint density at radius 1 is 1.19 bits per heavy atom. The molecule has 144 valence electrons. The van der Waals surface area contributed by atoms with E-state index < -0.39 is 0 Å². The van der Waals surface area contributed by atoms with E-state index in [4.69, 9.17) is 4.74 Å². The molecule has 2 fully saturated rings. The Morgan fingerprint density at radius 2 is 1.88 bits per heavy atom. The molecule has 1 aromatic rings. The van der Waals surface area contributed by atoms with Crippen LogP contribution in [0.4, 0.5) is 0 Å². The van der Waals surface area contributed by atoms with Gasteiger partial charge in [-0.1, -0.05) is 12.1 Å². The van der Waals surface area contributed by atoms with Gasteiger partial charge in [0.2, 0.25) is 0 Å². The van der Waals surface area contributed by atoms with Crippen molar-refractivity contribution in [2.75, 3.05) is 53.0 Å². The second kappa shape index (κ2) is 8.84. The maximum Gasteiger partial charge on any atom is 0.343 e. The molecular formula is C20H31N3O3. The summed E-state index contributed by atoms with van der Waals surface area (Å²) in [7, 11) is 1.37. The van der Waals surface area contributed by atoms with Crippen molar-refractivity contribution in [1.82, 2.24) is 15.1 Å². The number of ether oxygens (including phenoxy) is 2. The van der Waals surface area contributed by atoms with E-state index in [1.807, 2.05) is 13.8 Å². The maximum absolute atomic E-state index is 11.3. The molecule has 0 aromatic heterocycles.